The van der Waals surface area contributed by atoms with E-state index in [2.05, 4.69) is 21.2 Å². The van der Waals surface area contributed by atoms with Gasteiger partial charge < -0.3 is 0 Å². The van der Waals surface area contributed by atoms with Gasteiger partial charge in [0.2, 0.25) is 0 Å². The Hall–Kier alpha value is 0.400. The number of pyridine rings is 1. The molecule has 2 aliphatic rings. The predicted octanol–water partition coefficient (Wildman–Crippen LogP) is 4.66. The number of hydrogen-bond acceptors (Lipinski definition) is 8. The average molecular weight is 633 g/mol. The third-order valence-corrected chi connectivity index (χ3v) is 10.1. The normalized spacial score (nSPS) is 16.0. The highest BCUT2D eigenvalue weighted by Gasteiger charge is 2.35. The molecule has 0 radical (unpaired) electrons. The minimum absolute atomic E-state index is 0.0959. The lowest BCUT2D eigenvalue weighted by Gasteiger charge is -2.17. The Bertz CT molecular complexity index is 838. The molecule has 164 valence electrons. The number of aromatic nitrogens is 1. The number of thiocarbonyl (C=S) groups is 2. The second-order valence-electron chi connectivity index (χ2n) is 5.80. The van der Waals surface area contributed by atoms with E-state index in [9.17, 15) is 9.59 Å². The fourth-order valence-electron chi connectivity index (χ4n) is 2.80. The molecule has 2 amide bonds. The topological polar surface area (TPSA) is 44.5 Å². The molecule has 0 N–H and O–H groups in total. The third kappa shape index (κ3) is 6.25. The minimum Gasteiger partial charge on any atom is -0.293 e. The molecule has 30 heavy (non-hydrogen) atoms. The number of nitrogens with zero attached hydrogens (tertiary/aromatic N) is 3. The SMILES string of the molecule is CC.C[n+]1c(C(=O)N2CCSC2=S)ccc(C(=O)N2CCSC2=S)c1SCCSI. The van der Waals surface area contributed by atoms with Crippen LogP contribution in [0, 0.1) is 0 Å². The van der Waals surface area contributed by atoms with Gasteiger partial charge in [-0.2, -0.15) is 4.57 Å². The van der Waals surface area contributed by atoms with E-state index in [-0.39, 0.29) is 11.8 Å². The van der Waals surface area contributed by atoms with Crippen LogP contribution >= 0.6 is 89.9 Å². The molecule has 12 heteroatoms. The van der Waals surface area contributed by atoms with Crippen LogP contribution in [0.2, 0.25) is 0 Å². The van der Waals surface area contributed by atoms with Crippen LogP contribution in [0.1, 0.15) is 34.7 Å². The second-order valence-corrected chi connectivity index (χ2v) is 12.8. The van der Waals surface area contributed by atoms with Gasteiger partial charge in [0.05, 0.1) is 0 Å². The molecule has 0 unspecified atom stereocenters. The monoisotopic (exact) mass is 632 g/mol. The van der Waals surface area contributed by atoms with Gasteiger partial charge in [0, 0.05) is 42.2 Å². The molecule has 5 nitrogen and oxygen atoms in total. The van der Waals surface area contributed by atoms with Crippen LogP contribution in [0.5, 0.6) is 0 Å². The van der Waals surface area contributed by atoms with Crippen LogP contribution in [-0.2, 0) is 7.05 Å². The van der Waals surface area contributed by atoms with Crippen molar-refractivity contribution >= 4 is 110 Å². The van der Waals surface area contributed by atoms with Crippen molar-refractivity contribution < 1.29 is 14.2 Å². The number of carbonyl (C=O) groups excluding carboxylic acids is 2. The van der Waals surface area contributed by atoms with Gasteiger partial charge in [-0.05, 0) is 27.3 Å². The molecule has 0 bridgehead atoms. The lowest BCUT2D eigenvalue weighted by atomic mass is 10.2. The zero-order valence-electron chi connectivity index (χ0n) is 16.9. The molecular weight excluding hydrogens is 610 g/mol. The maximum Gasteiger partial charge on any atom is 0.324 e. The van der Waals surface area contributed by atoms with E-state index >= 15 is 0 Å². The highest BCUT2D eigenvalue weighted by atomic mass is 127. The first-order valence-corrected chi connectivity index (χ1v) is 16.6. The summed E-state index contributed by atoms with van der Waals surface area (Å²) in [5, 5.41) is 0.791. The Morgan fingerprint density at radius 1 is 1.07 bits per heavy atom. The number of rotatable bonds is 6. The smallest absolute Gasteiger partial charge is 0.293 e. The first-order valence-electron chi connectivity index (χ1n) is 9.32. The molecule has 0 spiro atoms. The zero-order chi connectivity index (χ0) is 22.3. The quantitative estimate of drug-likeness (QED) is 0.148. The summed E-state index contributed by atoms with van der Waals surface area (Å²) in [6, 6.07) is 3.48. The Morgan fingerprint density at radius 3 is 2.13 bits per heavy atom. The Morgan fingerprint density at radius 2 is 1.63 bits per heavy atom. The third-order valence-electron chi connectivity index (χ3n) is 4.16. The molecule has 0 atom stereocenters. The lowest BCUT2D eigenvalue weighted by molar-refractivity contribution is -0.710. The summed E-state index contributed by atoms with van der Waals surface area (Å²) in [6.07, 6.45) is 0. The summed E-state index contributed by atoms with van der Waals surface area (Å²) in [5.74, 6) is 3.22. The number of halogens is 1. The number of carbonyl (C=O) groups is 2. The van der Waals surface area contributed by atoms with Crippen molar-refractivity contribution in [3.8, 4) is 0 Å². The lowest BCUT2D eigenvalue weighted by Crippen LogP contribution is -2.46. The zero-order valence-corrected chi connectivity index (χ0v) is 23.9. The summed E-state index contributed by atoms with van der Waals surface area (Å²) in [6.45, 7) is 5.25. The van der Waals surface area contributed by atoms with Crippen LogP contribution in [0.3, 0.4) is 0 Å². The van der Waals surface area contributed by atoms with Gasteiger partial charge in [-0.1, -0.05) is 82.5 Å². The van der Waals surface area contributed by atoms with Gasteiger partial charge in [0.15, 0.2) is 0 Å². The summed E-state index contributed by atoms with van der Waals surface area (Å²) in [5.41, 5.74) is 1.12. The van der Waals surface area contributed by atoms with Crippen LogP contribution < -0.4 is 4.57 Å². The van der Waals surface area contributed by atoms with E-state index in [0.717, 1.165) is 28.0 Å². The standard InChI is InChI=1S/C16H17IN3O2S6.C2H6/c1-18-11(13(22)20-5-7-27-16(20)24)3-2-10(14(18)25-8-9-28-17)12(21)19-4-6-26-15(19)23;1-2/h2-3H,4-9H2,1H3;1-2H3/q+1;. The van der Waals surface area contributed by atoms with E-state index in [0.29, 0.717) is 33.0 Å². The number of amides is 2. The number of thioether (sulfide) groups is 3. The van der Waals surface area contributed by atoms with Gasteiger partial charge in [-0.15, -0.1) is 0 Å². The Kier molecular flexibility index (Phi) is 11.7. The highest BCUT2D eigenvalue weighted by molar-refractivity contribution is 14.2. The van der Waals surface area contributed by atoms with Crippen LogP contribution in [0.15, 0.2) is 17.2 Å². The van der Waals surface area contributed by atoms with Gasteiger partial charge in [0.25, 0.3) is 16.6 Å². The average Bonchev–Trinajstić information content (AvgIpc) is 3.37. The van der Waals surface area contributed by atoms with E-state index in [4.69, 9.17) is 24.4 Å². The fraction of sp³-hybridized carbons (Fsp3) is 0.500. The molecule has 1 aromatic rings. The first kappa shape index (κ1) is 26.7. The molecule has 0 aromatic carbocycles. The highest BCUT2D eigenvalue weighted by Crippen LogP contribution is 2.27. The second kappa shape index (κ2) is 13.2. The van der Waals surface area contributed by atoms with Crippen LogP contribution in [-0.4, -0.2) is 66.4 Å². The van der Waals surface area contributed by atoms with E-state index in [1.807, 2.05) is 25.5 Å². The van der Waals surface area contributed by atoms with E-state index < -0.39 is 0 Å². The molecule has 0 saturated carbocycles. The molecule has 2 aliphatic heterocycles. The van der Waals surface area contributed by atoms with Gasteiger partial charge >= 0.3 is 5.91 Å². The van der Waals surface area contributed by atoms with Crippen molar-refractivity contribution in [3.05, 3.63) is 23.4 Å². The van der Waals surface area contributed by atoms with E-state index in [1.54, 1.807) is 42.6 Å². The van der Waals surface area contributed by atoms with E-state index in [1.165, 1.54) is 23.5 Å². The van der Waals surface area contributed by atoms with Gasteiger partial charge in [0.1, 0.15) is 21.3 Å². The summed E-state index contributed by atoms with van der Waals surface area (Å²) < 4.78 is 3.06. The Balaban J connectivity index is 0.00000155. The largest absolute Gasteiger partial charge is 0.324 e. The van der Waals surface area contributed by atoms with Crippen molar-refractivity contribution in [2.45, 2.75) is 18.9 Å². The molecule has 3 heterocycles. The molecule has 2 fully saturated rings. The Labute approximate surface area is 217 Å². The predicted molar refractivity (Wildman–Crippen MR) is 148 cm³/mol. The maximum absolute atomic E-state index is 13.1. The van der Waals surface area contributed by atoms with Crippen molar-refractivity contribution in [2.75, 3.05) is 36.1 Å². The summed E-state index contributed by atoms with van der Waals surface area (Å²) in [7, 11) is 3.56. The first-order chi connectivity index (χ1) is 14.5. The fourth-order valence-corrected chi connectivity index (χ4v) is 8.20. The molecule has 1 aromatic heterocycles. The van der Waals surface area contributed by atoms with Crippen molar-refractivity contribution in [1.82, 2.24) is 9.80 Å². The molecule has 3 rings (SSSR count). The molecular formula is C18H23IN3O2S6+. The van der Waals surface area contributed by atoms with Crippen molar-refractivity contribution in [3.63, 3.8) is 0 Å². The van der Waals surface area contributed by atoms with Crippen molar-refractivity contribution in [1.29, 1.82) is 0 Å². The molecule has 0 aliphatic carbocycles. The maximum atomic E-state index is 13.1. The van der Waals surface area contributed by atoms with Gasteiger partial charge in [-0.3, -0.25) is 19.4 Å². The van der Waals surface area contributed by atoms with Crippen LogP contribution in [0.25, 0.3) is 0 Å². The summed E-state index contributed by atoms with van der Waals surface area (Å²) >= 11 is 17.5. The van der Waals surface area contributed by atoms with Crippen molar-refractivity contribution in [2.24, 2.45) is 7.05 Å². The summed E-state index contributed by atoms with van der Waals surface area (Å²) in [4.78, 5) is 29.4. The minimum atomic E-state index is -0.117. The van der Waals surface area contributed by atoms with Crippen LogP contribution in [0.4, 0.5) is 0 Å². The van der Waals surface area contributed by atoms with Gasteiger partial charge in [-0.25, -0.2) is 0 Å². The number of hydrogen-bond donors (Lipinski definition) is 0. The molecule has 2 saturated heterocycles.